The van der Waals surface area contributed by atoms with Crippen LogP contribution in [0.2, 0.25) is 0 Å². The lowest BCUT2D eigenvalue weighted by atomic mass is 10.2. The summed E-state index contributed by atoms with van der Waals surface area (Å²) in [6.45, 7) is 0. The molecule has 6 heteroatoms. The molecule has 0 unspecified atom stereocenters. The number of hydrogen-bond acceptors (Lipinski definition) is 4. The molecule has 88 valence electrons. The molecule has 1 aromatic heterocycles. The van der Waals surface area contributed by atoms with Gasteiger partial charge in [0.15, 0.2) is 0 Å². The molecule has 0 spiro atoms. The lowest BCUT2D eigenvalue weighted by Gasteiger charge is -2.19. The van der Waals surface area contributed by atoms with E-state index in [0.29, 0.717) is 5.69 Å². The van der Waals surface area contributed by atoms with Crippen LogP contribution in [0, 0.1) is 0 Å². The van der Waals surface area contributed by atoms with Gasteiger partial charge in [-0.05, 0) is 12.8 Å². The summed E-state index contributed by atoms with van der Waals surface area (Å²) in [4.78, 5) is 18.1. The van der Waals surface area contributed by atoms with Crippen molar-refractivity contribution in [1.82, 2.24) is 15.3 Å². The van der Waals surface area contributed by atoms with E-state index in [9.17, 15) is 9.90 Å². The van der Waals surface area contributed by atoms with Gasteiger partial charge in [0, 0.05) is 7.11 Å². The molecule has 2 rings (SSSR count). The van der Waals surface area contributed by atoms with E-state index in [4.69, 9.17) is 4.74 Å². The summed E-state index contributed by atoms with van der Waals surface area (Å²) in [5, 5.41) is 12.6. The van der Waals surface area contributed by atoms with Crippen molar-refractivity contribution in [3.63, 3.8) is 0 Å². The first-order valence-corrected chi connectivity index (χ1v) is 5.22. The van der Waals surface area contributed by atoms with Crippen LogP contribution in [0.5, 0.6) is 0 Å². The van der Waals surface area contributed by atoms with E-state index in [1.807, 2.05) is 0 Å². The van der Waals surface area contributed by atoms with Gasteiger partial charge in [-0.15, -0.1) is 0 Å². The molecule has 0 aromatic carbocycles. The molecule has 0 aliphatic heterocycles. The molecule has 1 aliphatic rings. The maximum Gasteiger partial charge on any atom is 0.269 e. The smallest absolute Gasteiger partial charge is 0.269 e. The number of aliphatic hydroxyl groups excluding tert-OH is 1. The number of aromatic nitrogens is 2. The van der Waals surface area contributed by atoms with E-state index in [-0.39, 0.29) is 18.1 Å². The number of methoxy groups -OCH3 is 1. The standard InChI is InChI=1S/C10H15N3O3/c1-16-8-3-2-6(9(8)14)13-10(15)7-4-11-5-12-7/h4-6,8-9,14H,2-3H2,1H3,(H,11,12)(H,13,15)/t6-,8-,9-/m1/s1. The molecule has 3 atom stereocenters. The highest BCUT2D eigenvalue weighted by molar-refractivity contribution is 5.92. The first-order chi connectivity index (χ1) is 7.72. The minimum absolute atomic E-state index is 0.188. The van der Waals surface area contributed by atoms with Crippen LogP contribution >= 0.6 is 0 Å². The molecule has 1 saturated carbocycles. The molecular weight excluding hydrogens is 210 g/mol. The van der Waals surface area contributed by atoms with E-state index in [1.54, 1.807) is 7.11 Å². The molecule has 6 nitrogen and oxygen atoms in total. The van der Waals surface area contributed by atoms with Crippen molar-refractivity contribution in [2.45, 2.75) is 31.1 Å². The van der Waals surface area contributed by atoms with E-state index in [1.165, 1.54) is 12.5 Å². The van der Waals surface area contributed by atoms with Crippen LogP contribution in [0.4, 0.5) is 0 Å². The Kier molecular flexibility index (Phi) is 3.21. The summed E-state index contributed by atoms with van der Waals surface area (Å²) in [5.74, 6) is -0.252. The summed E-state index contributed by atoms with van der Waals surface area (Å²) in [7, 11) is 1.56. The summed E-state index contributed by atoms with van der Waals surface area (Å²) >= 11 is 0. The van der Waals surface area contributed by atoms with Crippen molar-refractivity contribution in [2.24, 2.45) is 0 Å². The third kappa shape index (κ3) is 2.07. The van der Waals surface area contributed by atoms with Crippen LogP contribution < -0.4 is 5.32 Å². The number of carbonyl (C=O) groups is 1. The van der Waals surface area contributed by atoms with Crippen LogP contribution in [-0.2, 0) is 4.74 Å². The monoisotopic (exact) mass is 225 g/mol. The van der Waals surface area contributed by atoms with E-state index < -0.39 is 6.10 Å². The molecule has 3 N–H and O–H groups in total. The first kappa shape index (κ1) is 11.1. The summed E-state index contributed by atoms with van der Waals surface area (Å²) < 4.78 is 5.10. The van der Waals surface area contributed by atoms with E-state index in [0.717, 1.165) is 12.8 Å². The SMILES string of the molecule is CO[C@@H]1CC[C@@H](NC(=O)c2cnc[nH]2)[C@H]1O. The minimum Gasteiger partial charge on any atom is -0.388 e. The molecular formula is C10H15N3O3. The third-order valence-electron chi connectivity index (χ3n) is 2.92. The van der Waals surface area contributed by atoms with Gasteiger partial charge in [0.2, 0.25) is 0 Å². The molecule has 0 radical (unpaired) electrons. The average molecular weight is 225 g/mol. The molecule has 1 aliphatic carbocycles. The van der Waals surface area contributed by atoms with Crippen molar-refractivity contribution in [1.29, 1.82) is 0 Å². The second-order valence-electron chi connectivity index (χ2n) is 3.89. The number of aliphatic hydroxyl groups is 1. The molecule has 1 heterocycles. The van der Waals surface area contributed by atoms with Crippen molar-refractivity contribution in [3.05, 3.63) is 18.2 Å². The lowest BCUT2D eigenvalue weighted by Crippen LogP contribution is -2.43. The van der Waals surface area contributed by atoms with Crippen LogP contribution in [0.25, 0.3) is 0 Å². The van der Waals surface area contributed by atoms with Crippen LogP contribution in [0.1, 0.15) is 23.3 Å². The van der Waals surface area contributed by atoms with Crippen LogP contribution in [0.15, 0.2) is 12.5 Å². The number of ether oxygens (including phenoxy) is 1. The zero-order valence-electron chi connectivity index (χ0n) is 9.01. The number of nitrogens with one attached hydrogen (secondary N) is 2. The Balaban J connectivity index is 1.94. The third-order valence-corrected chi connectivity index (χ3v) is 2.92. The van der Waals surface area contributed by atoms with Gasteiger partial charge in [-0.2, -0.15) is 0 Å². The number of imidazole rings is 1. The highest BCUT2D eigenvalue weighted by Crippen LogP contribution is 2.22. The Morgan fingerprint density at radius 2 is 2.50 bits per heavy atom. The topological polar surface area (TPSA) is 87.2 Å². The predicted molar refractivity (Wildman–Crippen MR) is 55.9 cm³/mol. The number of rotatable bonds is 3. The quantitative estimate of drug-likeness (QED) is 0.657. The Morgan fingerprint density at radius 1 is 1.69 bits per heavy atom. The van der Waals surface area contributed by atoms with Gasteiger partial charge in [0.25, 0.3) is 5.91 Å². The lowest BCUT2D eigenvalue weighted by molar-refractivity contribution is 0.000184. The molecule has 0 bridgehead atoms. The van der Waals surface area contributed by atoms with Gasteiger partial charge in [-0.25, -0.2) is 4.98 Å². The first-order valence-electron chi connectivity index (χ1n) is 5.22. The van der Waals surface area contributed by atoms with Crippen LogP contribution in [0.3, 0.4) is 0 Å². The number of H-pyrrole nitrogens is 1. The van der Waals surface area contributed by atoms with Gasteiger partial charge < -0.3 is 20.1 Å². The summed E-state index contributed by atoms with van der Waals surface area (Å²) in [6, 6.07) is -0.249. The Hall–Kier alpha value is -1.40. The highest BCUT2D eigenvalue weighted by atomic mass is 16.5. The molecule has 1 aromatic rings. The van der Waals surface area contributed by atoms with Gasteiger partial charge >= 0.3 is 0 Å². The molecule has 1 fully saturated rings. The van der Waals surface area contributed by atoms with Gasteiger partial charge in [0.1, 0.15) is 11.8 Å². The van der Waals surface area contributed by atoms with Crippen molar-refractivity contribution >= 4 is 5.91 Å². The van der Waals surface area contributed by atoms with Crippen molar-refractivity contribution in [3.8, 4) is 0 Å². The maximum atomic E-state index is 11.7. The average Bonchev–Trinajstić information content (AvgIpc) is 2.89. The second-order valence-corrected chi connectivity index (χ2v) is 3.89. The van der Waals surface area contributed by atoms with E-state index in [2.05, 4.69) is 15.3 Å². The highest BCUT2D eigenvalue weighted by Gasteiger charge is 2.35. The minimum atomic E-state index is -0.642. The Morgan fingerprint density at radius 3 is 3.06 bits per heavy atom. The fourth-order valence-electron chi connectivity index (χ4n) is 1.99. The van der Waals surface area contributed by atoms with Gasteiger partial charge in [0.05, 0.1) is 24.7 Å². The number of nitrogens with zero attached hydrogens (tertiary/aromatic N) is 1. The zero-order chi connectivity index (χ0) is 11.5. The molecule has 0 saturated heterocycles. The number of aromatic amines is 1. The molecule has 16 heavy (non-hydrogen) atoms. The maximum absolute atomic E-state index is 11.7. The van der Waals surface area contributed by atoms with Crippen molar-refractivity contribution in [2.75, 3.05) is 7.11 Å². The Labute approximate surface area is 93.0 Å². The zero-order valence-corrected chi connectivity index (χ0v) is 9.01. The normalized spacial score (nSPS) is 29.2. The fourth-order valence-corrected chi connectivity index (χ4v) is 1.99. The summed E-state index contributed by atoms with van der Waals surface area (Å²) in [5.41, 5.74) is 0.396. The van der Waals surface area contributed by atoms with E-state index >= 15 is 0 Å². The predicted octanol–water partition coefficient (Wildman–Crippen LogP) is -0.322. The fraction of sp³-hybridized carbons (Fsp3) is 0.600. The van der Waals surface area contributed by atoms with Gasteiger partial charge in [-0.1, -0.05) is 0 Å². The van der Waals surface area contributed by atoms with Gasteiger partial charge in [-0.3, -0.25) is 4.79 Å². The molecule has 1 amide bonds. The van der Waals surface area contributed by atoms with Crippen molar-refractivity contribution < 1.29 is 14.6 Å². The largest absolute Gasteiger partial charge is 0.388 e. The Bertz CT molecular complexity index is 352. The number of carbonyl (C=O) groups excluding carboxylic acids is 1. The number of hydrogen-bond donors (Lipinski definition) is 3. The summed E-state index contributed by atoms with van der Waals surface area (Å²) in [6.07, 6.45) is 3.54. The number of amides is 1. The second kappa shape index (κ2) is 4.63. The van der Waals surface area contributed by atoms with Crippen LogP contribution in [-0.4, -0.2) is 46.3 Å².